The monoisotopic (exact) mass is 1330 g/mol. The third-order valence-corrected chi connectivity index (χ3v) is 17.5. The Hall–Kier alpha value is -9.50. The van der Waals surface area contributed by atoms with E-state index >= 15 is 0 Å². The molecular weight excluding hydrogens is 1240 g/mol. The highest BCUT2D eigenvalue weighted by molar-refractivity contribution is 6.03. The number of benzene rings is 2. The molecule has 12 amide bonds. The first-order valence-electron chi connectivity index (χ1n) is 33.2. The van der Waals surface area contributed by atoms with E-state index in [1.165, 1.54) is 38.0 Å². The molecule has 6 atom stereocenters. The van der Waals surface area contributed by atoms with Crippen molar-refractivity contribution >= 4 is 92.7 Å². The van der Waals surface area contributed by atoms with Crippen molar-refractivity contribution in [3.05, 3.63) is 72.1 Å². The average molecular weight is 1330 g/mol. The van der Waals surface area contributed by atoms with Crippen molar-refractivity contribution in [2.45, 2.75) is 142 Å². The molecule has 3 fully saturated rings. The smallest absolute Gasteiger partial charge is 0.274 e. The highest BCUT2D eigenvalue weighted by Gasteiger charge is 2.41. The SMILES string of the molecule is CCCCOc1cc2ccccc2nc1C(=O)N[C@@H]1CNC(=O)[C@@H]2CCCCN2C(=O)CN(C)C(=O)CNC(=O)[C@H](C(C)C)N(C)C(=O)[C@H](NC(=O)c2nc3ccccc3cc2OCCCC)CNC(=O)[C@@H]2CCCCN2C(=O)CN(C)C(=O)CNC(=O)[C@H](C(C)C)N(C)C1=O. The number of likely N-dealkylation sites (N-methyl/N-ethyl adjacent to an activating group) is 4. The van der Waals surface area contributed by atoms with Gasteiger partial charge in [0.05, 0.1) is 50.4 Å². The summed E-state index contributed by atoms with van der Waals surface area (Å²) in [5.41, 5.74) is 0.609. The second kappa shape index (κ2) is 34.8. The van der Waals surface area contributed by atoms with Gasteiger partial charge in [0.2, 0.25) is 59.1 Å². The van der Waals surface area contributed by atoms with Gasteiger partial charge in [0.15, 0.2) is 22.9 Å². The number of carbonyl (C=O) groups excluding carboxylic acids is 12. The van der Waals surface area contributed by atoms with Gasteiger partial charge in [-0.15, -0.1) is 0 Å². The average Bonchev–Trinajstić information content (AvgIpc) is 0.830. The van der Waals surface area contributed by atoms with E-state index in [0.29, 0.717) is 60.3 Å². The van der Waals surface area contributed by atoms with Gasteiger partial charge in [-0.3, -0.25) is 57.5 Å². The molecule has 5 heterocycles. The van der Waals surface area contributed by atoms with Crippen molar-refractivity contribution in [3.8, 4) is 11.5 Å². The molecule has 2 aromatic carbocycles. The van der Waals surface area contributed by atoms with Gasteiger partial charge in [0.25, 0.3) is 11.8 Å². The molecule has 7 rings (SSSR count). The minimum atomic E-state index is -1.57. The van der Waals surface area contributed by atoms with Crippen LogP contribution < -0.4 is 41.4 Å². The van der Waals surface area contributed by atoms with Crippen molar-refractivity contribution in [2.24, 2.45) is 11.8 Å². The topological polar surface area (TPSA) is 341 Å². The Kier molecular flexibility index (Phi) is 26.8. The van der Waals surface area contributed by atoms with Crippen molar-refractivity contribution in [1.29, 1.82) is 0 Å². The van der Waals surface area contributed by atoms with Crippen LogP contribution in [0.1, 0.15) is 127 Å². The summed E-state index contributed by atoms with van der Waals surface area (Å²) in [4.78, 5) is 189. The van der Waals surface area contributed by atoms with Crippen molar-refractivity contribution in [1.82, 2.24) is 71.3 Å². The van der Waals surface area contributed by atoms with Crippen LogP contribution in [0.25, 0.3) is 21.8 Å². The van der Waals surface area contributed by atoms with E-state index in [1.807, 2.05) is 26.0 Å². The van der Waals surface area contributed by atoms with Crippen LogP contribution in [0, 0.1) is 11.8 Å². The first kappa shape index (κ1) is 73.9. The largest absolute Gasteiger partial charge is 0.491 e. The number of nitrogens with zero attached hydrogens (tertiary/aromatic N) is 8. The Bertz CT molecular complexity index is 3290. The third kappa shape index (κ3) is 18.9. The first-order chi connectivity index (χ1) is 45.8. The van der Waals surface area contributed by atoms with Crippen LogP contribution in [-0.4, -0.2) is 240 Å². The Morgan fingerprint density at radius 2 is 0.896 bits per heavy atom. The van der Waals surface area contributed by atoms with Crippen LogP contribution in [0.4, 0.5) is 0 Å². The van der Waals surface area contributed by atoms with Crippen LogP contribution in [0.2, 0.25) is 0 Å². The van der Waals surface area contributed by atoms with Gasteiger partial charge in [-0.25, -0.2) is 9.97 Å². The van der Waals surface area contributed by atoms with Crippen LogP contribution in [0.3, 0.4) is 0 Å². The number of pyridine rings is 2. The van der Waals surface area contributed by atoms with E-state index in [0.717, 1.165) is 32.4 Å². The van der Waals surface area contributed by atoms with E-state index in [2.05, 4.69) is 41.9 Å². The lowest BCUT2D eigenvalue weighted by atomic mass is 10.00. The second-order valence-electron chi connectivity index (χ2n) is 25.4. The van der Waals surface area contributed by atoms with Gasteiger partial charge in [0, 0.05) is 65.1 Å². The molecule has 0 saturated carbocycles. The number of piperidine rings is 2. The lowest BCUT2D eigenvalue weighted by Gasteiger charge is -2.37. The Labute approximate surface area is 560 Å². The van der Waals surface area contributed by atoms with E-state index in [1.54, 1.807) is 76.2 Å². The molecule has 0 radical (unpaired) electrons. The maximum absolute atomic E-state index is 15.0. The van der Waals surface area contributed by atoms with Gasteiger partial charge in [-0.1, -0.05) is 90.8 Å². The molecule has 4 aromatic rings. The van der Waals surface area contributed by atoms with Gasteiger partial charge < -0.3 is 70.8 Å². The van der Waals surface area contributed by atoms with Gasteiger partial charge in [0.1, 0.15) is 36.3 Å². The van der Waals surface area contributed by atoms with Crippen LogP contribution in [0.5, 0.6) is 11.5 Å². The number of unbranched alkanes of at least 4 members (excludes halogenated alkanes) is 2. The number of fused-ring (bicyclic) bond motifs is 4. The fourth-order valence-corrected chi connectivity index (χ4v) is 12.1. The van der Waals surface area contributed by atoms with E-state index in [4.69, 9.17) is 9.47 Å². The molecule has 3 saturated heterocycles. The van der Waals surface area contributed by atoms with Crippen LogP contribution in [-0.2, 0) is 47.9 Å². The third-order valence-electron chi connectivity index (χ3n) is 17.5. The van der Waals surface area contributed by atoms with Crippen molar-refractivity contribution in [3.63, 3.8) is 0 Å². The van der Waals surface area contributed by atoms with E-state index in [9.17, 15) is 57.5 Å². The lowest BCUT2D eigenvalue weighted by Crippen LogP contribution is -2.61. The predicted octanol–water partition coefficient (Wildman–Crippen LogP) is 2.16. The number of rotatable bonds is 14. The van der Waals surface area contributed by atoms with Crippen molar-refractivity contribution < 1.29 is 67.0 Å². The molecule has 520 valence electrons. The lowest BCUT2D eigenvalue weighted by molar-refractivity contribution is -0.147. The number of para-hydroxylation sites is 2. The summed E-state index contributed by atoms with van der Waals surface area (Å²) in [5.74, 6) is -9.77. The molecule has 0 aliphatic carbocycles. The minimum absolute atomic E-state index is 0.124. The summed E-state index contributed by atoms with van der Waals surface area (Å²) >= 11 is 0. The van der Waals surface area contributed by atoms with E-state index < -0.39 is 158 Å². The fourth-order valence-electron chi connectivity index (χ4n) is 12.1. The molecular formula is C68H94N14O14. The molecule has 28 heteroatoms. The maximum atomic E-state index is 15.0. The fraction of sp³-hybridized carbons (Fsp3) is 0.559. The molecule has 3 aliphatic heterocycles. The first-order valence-corrected chi connectivity index (χ1v) is 33.2. The Balaban J connectivity index is 1.19. The molecule has 0 unspecified atom stereocenters. The molecule has 6 N–H and O–H groups in total. The molecule has 96 heavy (non-hydrogen) atoms. The van der Waals surface area contributed by atoms with Crippen molar-refractivity contribution in [2.75, 3.05) is 93.8 Å². The van der Waals surface area contributed by atoms with Crippen LogP contribution >= 0.6 is 0 Å². The second-order valence-corrected chi connectivity index (χ2v) is 25.4. The zero-order chi connectivity index (χ0) is 69.9. The van der Waals surface area contributed by atoms with Gasteiger partial charge >= 0.3 is 0 Å². The minimum Gasteiger partial charge on any atom is -0.491 e. The van der Waals surface area contributed by atoms with Gasteiger partial charge in [-0.2, -0.15) is 0 Å². The van der Waals surface area contributed by atoms with Crippen LogP contribution in [0.15, 0.2) is 60.7 Å². The number of ether oxygens (including phenoxy) is 2. The quantitative estimate of drug-likeness (QED) is 0.0986. The summed E-state index contributed by atoms with van der Waals surface area (Å²) < 4.78 is 12.1. The number of hydrogen-bond acceptors (Lipinski definition) is 16. The number of carbonyl (C=O) groups is 12. The molecule has 3 aliphatic rings. The zero-order valence-corrected chi connectivity index (χ0v) is 56.8. The van der Waals surface area contributed by atoms with E-state index in [-0.39, 0.29) is 62.0 Å². The van der Waals surface area contributed by atoms with Gasteiger partial charge in [-0.05, 0) is 87.5 Å². The number of hydrogen-bond donors (Lipinski definition) is 6. The summed E-state index contributed by atoms with van der Waals surface area (Å²) in [7, 11) is 5.38. The summed E-state index contributed by atoms with van der Waals surface area (Å²) in [6.45, 7) is 8.01. The summed E-state index contributed by atoms with van der Waals surface area (Å²) in [6.07, 6.45) is 5.38. The number of nitrogens with one attached hydrogen (secondary N) is 6. The molecule has 2 aromatic heterocycles. The summed E-state index contributed by atoms with van der Waals surface area (Å²) in [6, 6.07) is 9.58. The highest BCUT2D eigenvalue weighted by Crippen LogP contribution is 2.27. The molecule has 0 spiro atoms. The standard InChI is InChI=1S/C68H94N14O14/c1-11-13-31-95-51-33-43-23-15-17-25-45(43)73-57(51)63(89)75-47-35-69-61(87)49-27-19-21-29-81(49)55(85)39-77(7)54(84)38-72-66(92)60(42(5)6)80(10)68(94)48(76-64(90)58-52(96-32-14-12-2)34-44-24-16-18-26-46(44)74-58)36-70-62(88)50-28-20-22-30-82(50)56(86)40-78(8)53(83)37-71-65(91)59(41(3)4)79(9)67(47)93/h15-18,23-26,33-34,41-42,47-50,59-60H,11-14,19-22,27-32,35-40H2,1-10H3,(H,69,87)(H,70,88)(H,71,91)(H,72,92)(H,75,89)(H,76,90)/t47-,48-,49+,50+,59+,60+/m1/s1. The highest BCUT2D eigenvalue weighted by atomic mass is 16.5. The Morgan fingerprint density at radius 1 is 0.521 bits per heavy atom. The molecule has 0 bridgehead atoms. The summed E-state index contributed by atoms with van der Waals surface area (Å²) in [5, 5.41) is 17.6. The molecule has 28 nitrogen and oxygen atoms in total. The number of aromatic nitrogens is 2. The zero-order valence-electron chi connectivity index (χ0n) is 56.8. The Morgan fingerprint density at radius 3 is 1.26 bits per heavy atom. The number of amides is 12. The normalized spacial score (nSPS) is 22.0. The maximum Gasteiger partial charge on any atom is 0.274 e. The predicted molar refractivity (Wildman–Crippen MR) is 356 cm³/mol.